The lowest BCUT2D eigenvalue weighted by molar-refractivity contribution is -0.137. The van der Waals surface area contributed by atoms with Crippen molar-refractivity contribution in [2.24, 2.45) is 4.99 Å². The summed E-state index contributed by atoms with van der Waals surface area (Å²) >= 11 is 1.05. The topological polar surface area (TPSA) is 92.9 Å². The van der Waals surface area contributed by atoms with E-state index in [9.17, 15) is 27.9 Å². The summed E-state index contributed by atoms with van der Waals surface area (Å²) in [6.45, 7) is 11.2. The van der Waals surface area contributed by atoms with Crippen molar-refractivity contribution in [3.05, 3.63) is 44.7 Å². The second-order valence-corrected chi connectivity index (χ2v) is 10.2. The number of unbranched alkanes of at least 4 members (excludes halogenated alkanes) is 1. The number of nitrogens with one attached hydrogen (secondary N) is 1. The molecule has 0 atom stereocenters. The maximum Gasteiger partial charge on any atom is 0.416 e. The van der Waals surface area contributed by atoms with Gasteiger partial charge in [0.1, 0.15) is 5.69 Å². The summed E-state index contributed by atoms with van der Waals surface area (Å²) in [6, 6.07) is 2.57. The van der Waals surface area contributed by atoms with Crippen LogP contribution in [0, 0.1) is 0 Å². The molecule has 1 amide bonds. The van der Waals surface area contributed by atoms with Gasteiger partial charge in [0.05, 0.1) is 11.1 Å². The number of aromatic carboxylic acids is 1. The third-order valence-corrected chi connectivity index (χ3v) is 5.98. The highest BCUT2D eigenvalue weighted by molar-refractivity contribution is 7.09. The lowest BCUT2D eigenvalue weighted by Gasteiger charge is -2.21. The molecule has 0 aliphatic carbocycles. The van der Waals surface area contributed by atoms with Crippen LogP contribution in [0.25, 0.3) is 0 Å². The van der Waals surface area contributed by atoms with E-state index in [1.165, 1.54) is 4.57 Å². The number of rotatable bonds is 8. The number of hydrogen-bond donors (Lipinski definition) is 2. The average molecular weight is 502 g/mol. The summed E-state index contributed by atoms with van der Waals surface area (Å²) in [5.41, 5.74) is 0.773. The van der Waals surface area contributed by atoms with Crippen LogP contribution in [0.5, 0.6) is 5.75 Å². The minimum absolute atomic E-state index is 0.0370. The van der Waals surface area contributed by atoms with Crippen LogP contribution in [0.15, 0.2) is 23.2 Å². The zero-order chi connectivity index (χ0) is 25.8. The van der Waals surface area contributed by atoms with Crippen LogP contribution in [-0.2, 0) is 12.7 Å². The molecule has 34 heavy (non-hydrogen) atoms. The van der Waals surface area contributed by atoms with Crippen LogP contribution in [0.4, 0.5) is 13.2 Å². The standard InChI is InChI=1S/C23H30F3N3O4S/c1-7-8-11-29-17(20(31)32)18(13(2)3)34-21(29)27-19(30)15-12-14(23(24,25)26)9-10-16(15)33-28-22(4,5)6/h9-10,12-13,28H,7-8,11H2,1-6H3,(H,31,32). The van der Waals surface area contributed by atoms with Gasteiger partial charge in [-0.3, -0.25) is 4.79 Å². The van der Waals surface area contributed by atoms with Crippen LogP contribution in [0.1, 0.15) is 91.6 Å². The minimum Gasteiger partial charge on any atom is -0.477 e. The van der Waals surface area contributed by atoms with E-state index in [0.717, 1.165) is 29.9 Å². The van der Waals surface area contributed by atoms with Crippen LogP contribution >= 0.6 is 11.3 Å². The van der Waals surface area contributed by atoms with Crippen molar-refractivity contribution in [3.8, 4) is 5.75 Å². The van der Waals surface area contributed by atoms with Crippen molar-refractivity contribution < 1.29 is 32.7 Å². The molecule has 2 rings (SSSR count). The zero-order valence-corrected chi connectivity index (χ0v) is 20.9. The highest BCUT2D eigenvalue weighted by atomic mass is 32.1. The second kappa shape index (κ2) is 10.7. The Morgan fingerprint density at radius 3 is 2.38 bits per heavy atom. The molecule has 7 nitrogen and oxygen atoms in total. The lowest BCUT2D eigenvalue weighted by atomic mass is 10.1. The Labute approximate surface area is 200 Å². The molecule has 2 N–H and O–H groups in total. The van der Waals surface area contributed by atoms with E-state index in [1.807, 2.05) is 20.8 Å². The largest absolute Gasteiger partial charge is 0.477 e. The first-order chi connectivity index (χ1) is 15.7. The van der Waals surface area contributed by atoms with E-state index < -0.39 is 29.2 Å². The van der Waals surface area contributed by atoms with E-state index in [4.69, 9.17) is 4.84 Å². The molecule has 0 aliphatic rings. The van der Waals surface area contributed by atoms with Gasteiger partial charge in [0, 0.05) is 17.0 Å². The first kappa shape index (κ1) is 27.6. The summed E-state index contributed by atoms with van der Waals surface area (Å²) in [6.07, 6.45) is -3.25. The number of carbonyl (C=O) groups is 2. The molecule has 0 fully saturated rings. The van der Waals surface area contributed by atoms with Gasteiger partial charge >= 0.3 is 12.1 Å². The number of nitrogens with zero attached hydrogens (tertiary/aromatic N) is 2. The van der Waals surface area contributed by atoms with Gasteiger partial charge in [-0.05, 0) is 51.3 Å². The molecular formula is C23H30F3N3O4S. The molecule has 0 radical (unpaired) electrons. The Morgan fingerprint density at radius 2 is 1.88 bits per heavy atom. The number of hydrogen-bond acceptors (Lipinski definition) is 5. The maximum absolute atomic E-state index is 13.3. The van der Waals surface area contributed by atoms with Gasteiger partial charge in [0.25, 0.3) is 5.91 Å². The number of aromatic nitrogens is 1. The van der Waals surface area contributed by atoms with Crippen LogP contribution in [0.2, 0.25) is 0 Å². The van der Waals surface area contributed by atoms with Crippen molar-refractivity contribution in [1.29, 1.82) is 0 Å². The quantitative estimate of drug-likeness (QED) is 0.459. The summed E-state index contributed by atoms with van der Waals surface area (Å²) in [4.78, 5) is 35.2. The lowest BCUT2D eigenvalue weighted by Crippen LogP contribution is -2.38. The van der Waals surface area contributed by atoms with Crippen molar-refractivity contribution in [1.82, 2.24) is 10.0 Å². The Morgan fingerprint density at radius 1 is 1.24 bits per heavy atom. The molecule has 0 bridgehead atoms. The number of thiazole rings is 1. The van der Waals surface area contributed by atoms with Gasteiger partial charge in [-0.15, -0.1) is 11.3 Å². The second-order valence-electron chi connectivity index (χ2n) is 9.14. The Hall–Kier alpha value is -2.66. The van der Waals surface area contributed by atoms with Gasteiger partial charge in [0.15, 0.2) is 10.6 Å². The van der Waals surface area contributed by atoms with Gasteiger partial charge in [0.2, 0.25) is 0 Å². The normalized spacial score (nSPS) is 12.9. The van der Waals surface area contributed by atoms with Gasteiger partial charge < -0.3 is 14.5 Å². The third kappa shape index (κ3) is 6.92. The number of carboxylic acid groups (broad SMARTS) is 1. The number of carboxylic acids is 1. The number of carbonyl (C=O) groups excluding carboxylic acids is 1. The summed E-state index contributed by atoms with van der Waals surface area (Å²) in [5.74, 6) is -2.37. The molecule has 1 heterocycles. The molecule has 0 unspecified atom stereocenters. The van der Waals surface area contributed by atoms with Crippen molar-refractivity contribution >= 4 is 23.2 Å². The summed E-state index contributed by atoms with van der Waals surface area (Å²) < 4.78 is 41.5. The highest BCUT2D eigenvalue weighted by Gasteiger charge is 2.32. The molecule has 0 saturated carbocycles. The number of hydroxylamine groups is 1. The third-order valence-electron chi connectivity index (χ3n) is 4.60. The minimum atomic E-state index is -4.67. The fraction of sp³-hybridized carbons (Fsp3) is 0.522. The van der Waals surface area contributed by atoms with E-state index in [1.54, 1.807) is 20.8 Å². The zero-order valence-electron chi connectivity index (χ0n) is 20.0. The number of halogens is 3. The first-order valence-electron chi connectivity index (χ1n) is 10.9. The fourth-order valence-corrected chi connectivity index (χ4v) is 4.11. The predicted octanol–water partition coefficient (Wildman–Crippen LogP) is 5.61. The van der Waals surface area contributed by atoms with Crippen LogP contribution < -0.4 is 15.1 Å². The van der Waals surface area contributed by atoms with E-state index >= 15 is 0 Å². The van der Waals surface area contributed by atoms with E-state index in [2.05, 4.69) is 10.5 Å². The first-order valence-corrected chi connectivity index (χ1v) is 11.7. The monoisotopic (exact) mass is 501 g/mol. The van der Waals surface area contributed by atoms with E-state index in [0.29, 0.717) is 23.9 Å². The molecule has 188 valence electrons. The molecule has 11 heteroatoms. The fourth-order valence-electron chi connectivity index (χ4n) is 2.97. The summed E-state index contributed by atoms with van der Waals surface area (Å²) in [7, 11) is 0. The number of benzene rings is 1. The molecule has 1 aromatic heterocycles. The summed E-state index contributed by atoms with van der Waals surface area (Å²) in [5, 5.41) is 9.78. The molecule has 0 saturated heterocycles. The Kier molecular flexibility index (Phi) is 8.70. The number of alkyl halides is 3. The van der Waals surface area contributed by atoms with Crippen molar-refractivity contribution in [2.75, 3.05) is 0 Å². The SMILES string of the molecule is CCCCn1c(C(=O)O)c(C(C)C)sc1=NC(=O)c1cc(C(F)(F)F)ccc1ONC(C)(C)C. The Balaban J connectivity index is 2.69. The van der Waals surface area contributed by atoms with Gasteiger partial charge in [-0.2, -0.15) is 23.6 Å². The maximum atomic E-state index is 13.3. The molecule has 1 aromatic carbocycles. The number of amides is 1. The molecule has 0 spiro atoms. The van der Waals surface area contributed by atoms with Crippen LogP contribution in [-0.4, -0.2) is 27.1 Å². The average Bonchev–Trinajstić information content (AvgIpc) is 3.07. The molecule has 0 aliphatic heterocycles. The van der Waals surface area contributed by atoms with Crippen molar-refractivity contribution in [3.63, 3.8) is 0 Å². The Bertz CT molecular complexity index is 1110. The van der Waals surface area contributed by atoms with Crippen molar-refractivity contribution in [2.45, 2.75) is 78.6 Å². The highest BCUT2D eigenvalue weighted by Crippen LogP contribution is 2.33. The van der Waals surface area contributed by atoms with Crippen LogP contribution in [0.3, 0.4) is 0 Å². The molecule has 2 aromatic rings. The van der Waals surface area contributed by atoms with E-state index in [-0.39, 0.29) is 27.7 Å². The molecular weight excluding hydrogens is 471 g/mol. The smallest absolute Gasteiger partial charge is 0.416 e. The van der Waals surface area contributed by atoms with Gasteiger partial charge in [-0.1, -0.05) is 27.2 Å². The predicted molar refractivity (Wildman–Crippen MR) is 123 cm³/mol. The van der Waals surface area contributed by atoms with Gasteiger partial charge in [-0.25, -0.2) is 4.79 Å².